The Morgan fingerprint density at radius 2 is 2.05 bits per heavy atom. The molecule has 1 amide bonds. The van der Waals surface area contributed by atoms with Crippen molar-refractivity contribution in [3.63, 3.8) is 0 Å². The largest absolute Gasteiger partial charge is 0.338 e. The summed E-state index contributed by atoms with van der Waals surface area (Å²) in [6, 6.07) is 3.69. The van der Waals surface area contributed by atoms with Gasteiger partial charge < -0.3 is 10.2 Å². The first-order valence-corrected chi connectivity index (χ1v) is 6.87. The van der Waals surface area contributed by atoms with Crippen LogP contribution >= 0.6 is 35.6 Å². The fraction of sp³-hybridized carbons (Fsp3) is 0.462. The monoisotopic (exact) mass is 320 g/mol. The molecule has 0 aliphatic carbocycles. The number of fused-ring (bicyclic) bond motifs is 1. The average Bonchev–Trinajstić information content (AvgIpc) is 2.25. The molecular weight excluding hydrogens is 307 g/mol. The zero-order chi connectivity index (χ0) is 12.7. The molecule has 1 aromatic carbocycles. The normalized spacial score (nSPS) is 18.3. The predicted molar refractivity (Wildman–Crippen MR) is 79.2 cm³/mol. The minimum atomic E-state index is 0. The molecule has 2 heterocycles. The van der Waals surface area contributed by atoms with Crippen molar-refractivity contribution in [1.29, 1.82) is 0 Å². The number of carbonyl (C=O) groups is 1. The first-order valence-electron chi connectivity index (χ1n) is 6.11. The third-order valence-corrected chi connectivity index (χ3v) is 4.24. The van der Waals surface area contributed by atoms with Crippen LogP contribution in [0.2, 0.25) is 10.0 Å². The van der Waals surface area contributed by atoms with Gasteiger partial charge in [0.05, 0.1) is 5.92 Å². The van der Waals surface area contributed by atoms with E-state index in [1.165, 1.54) is 0 Å². The lowest BCUT2D eigenvalue weighted by Gasteiger charge is -2.35. The Balaban J connectivity index is 0.00000133. The van der Waals surface area contributed by atoms with Crippen molar-refractivity contribution in [3.8, 4) is 0 Å². The van der Waals surface area contributed by atoms with Crippen LogP contribution in [0.1, 0.15) is 11.1 Å². The van der Waals surface area contributed by atoms with Crippen LogP contribution in [0.3, 0.4) is 0 Å². The van der Waals surface area contributed by atoms with Crippen LogP contribution in [-0.2, 0) is 17.8 Å². The Bertz CT molecular complexity index is 503. The number of benzene rings is 1. The molecule has 1 saturated heterocycles. The summed E-state index contributed by atoms with van der Waals surface area (Å²) in [5, 5.41) is 4.48. The maximum Gasteiger partial charge on any atom is 0.228 e. The number of hydrogen-bond acceptors (Lipinski definition) is 2. The predicted octanol–water partition coefficient (Wildman–Crippen LogP) is 2.52. The van der Waals surface area contributed by atoms with Gasteiger partial charge in [-0.15, -0.1) is 12.4 Å². The van der Waals surface area contributed by atoms with Gasteiger partial charge in [-0.3, -0.25) is 4.79 Å². The molecule has 0 atom stereocenters. The molecule has 6 heteroatoms. The molecule has 1 N–H and O–H groups in total. The van der Waals surface area contributed by atoms with Gasteiger partial charge in [0.25, 0.3) is 0 Å². The number of nitrogens with one attached hydrogen (secondary N) is 1. The molecule has 3 nitrogen and oxygen atoms in total. The first-order chi connectivity index (χ1) is 8.65. The van der Waals surface area contributed by atoms with Gasteiger partial charge in [0.2, 0.25) is 5.91 Å². The van der Waals surface area contributed by atoms with Crippen LogP contribution in [0, 0.1) is 5.92 Å². The molecule has 2 aliphatic rings. The van der Waals surface area contributed by atoms with E-state index < -0.39 is 0 Å². The summed E-state index contributed by atoms with van der Waals surface area (Å²) >= 11 is 12.2. The molecule has 3 rings (SSSR count). The van der Waals surface area contributed by atoms with Gasteiger partial charge in [0.1, 0.15) is 0 Å². The minimum absolute atomic E-state index is 0. The van der Waals surface area contributed by atoms with E-state index in [9.17, 15) is 4.79 Å². The fourth-order valence-electron chi connectivity index (χ4n) is 2.52. The maximum absolute atomic E-state index is 12.2. The van der Waals surface area contributed by atoms with Crippen LogP contribution < -0.4 is 5.32 Å². The smallest absolute Gasteiger partial charge is 0.228 e. The quantitative estimate of drug-likeness (QED) is 0.862. The fourth-order valence-corrected chi connectivity index (χ4v) is 3.15. The van der Waals surface area contributed by atoms with Crippen molar-refractivity contribution >= 4 is 41.5 Å². The van der Waals surface area contributed by atoms with E-state index in [2.05, 4.69) is 5.32 Å². The lowest BCUT2D eigenvalue weighted by Crippen LogP contribution is -2.52. The molecule has 0 unspecified atom stereocenters. The van der Waals surface area contributed by atoms with Crippen molar-refractivity contribution in [2.45, 2.75) is 13.0 Å². The standard InChI is InChI=1S/C13H14Cl2N2O.ClH/c14-10-3-8-7-17(13(18)9-5-16-6-9)2-1-11(8)12(15)4-10;/h3-4,9,16H,1-2,5-7H2;1H. The Labute approximate surface area is 128 Å². The second kappa shape index (κ2) is 5.88. The van der Waals surface area contributed by atoms with Crippen LogP contribution in [-0.4, -0.2) is 30.4 Å². The Morgan fingerprint density at radius 1 is 1.32 bits per heavy atom. The van der Waals surface area contributed by atoms with Crippen molar-refractivity contribution in [3.05, 3.63) is 33.3 Å². The number of rotatable bonds is 1. The van der Waals surface area contributed by atoms with Crippen LogP contribution in [0.4, 0.5) is 0 Å². The molecule has 104 valence electrons. The van der Waals surface area contributed by atoms with E-state index in [4.69, 9.17) is 23.2 Å². The number of amides is 1. The molecule has 0 aromatic heterocycles. The average molecular weight is 322 g/mol. The second-order valence-corrected chi connectivity index (χ2v) is 5.73. The number of hydrogen-bond donors (Lipinski definition) is 1. The molecule has 0 spiro atoms. The van der Waals surface area contributed by atoms with E-state index in [0.717, 1.165) is 42.2 Å². The highest BCUT2D eigenvalue weighted by Gasteiger charge is 2.31. The summed E-state index contributed by atoms with van der Waals surface area (Å²) in [6.45, 7) is 2.99. The first kappa shape index (κ1) is 14.9. The maximum atomic E-state index is 12.2. The lowest BCUT2D eigenvalue weighted by atomic mass is 9.96. The van der Waals surface area contributed by atoms with E-state index in [1.807, 2.05) is 11.0 Å². The number of nitrogens with zero attached hydrogens (tertiary/aromatic N) is 1. The molecule has 0 radical (unpaired) electrons. The van der Waals surface area contributed by atoms with Crippen molar-refractivity contribution < 1.29 is 4.79 Å². The molecule has 1 aromatic rings. The van der Waals surface area contributed by atoms with E-state index in [0.29, 0.717) is 11.6 Å². The van der Waals surface area contributed by atoms with Gasteiger partial charge in [-0.2, -0.15) is 0 Å². The van der Waals surface area contributed by atoms with Gasteiger partial charge in [-0.1, -0.05) is 23.2 Å². The Hall–Kier alpha value is -0.480. The molecule has 1 fully saturated rings. The zero-order valence-corrected chi connectivity index (χ0v) is 12.6. The summed E-state index contributed by atoms with van der Waals surface area (Å²) in [7, 11) is 0. The molecular formula is C13H15Cl3N2O. The number of halogens is 3. The van der Waals surface area contributed by atoms with Gasteiger partial charge in [-0.05, 0) is 29.7 Å². The van der Waals surface area contributed by atoms with Crippen LogP contribution in [0.25, 0.3) is 0 Å². The molecule has 2 aliphatic heterocycles. The Kier molecular flexibility index (Phi) is 4.62. The van der Waals surface area contributed by atoms with E-state index in [-0.39, 0.29) is 24.2 Å². The lowest BCUT2D eigenvalue weighted by molar-refractivity contribution is -0.138. The summed E-state index contributed by atoms with van der Waals surface area (Å²) in [4.78, 5) is 14.1. The minimum Gasteiger partial charge on any atom is -0.338 e. The third kappa shape index (κ3) is 2.84. The van der Waals surface area contributed by atoms with Crippen LogP contribution in [0.15, 0.2) is 12.1 Å². The summed E-state index contributed by atoms with van der Waals surface area (Å²) in [5.74, 6) is 0.400. The van der Waals surface area contributed by atoms with Crippen molar-refractivity contribution in [2.24, 2.45) is 5.92 Å². The van der Waals surface area contributed by atoms with Crippen molar-refractivity contribution in [2.75, 3.05) is 19.6 Å². The highest BCUT2D eigenvalue weighted by atomic mass is 35.5. The van der Waals surface area contributed by atoms with Gasteiger partial charge in [0, 0.05) is 36.2 Å². The molecule has 0 saturated carbocycles. The van der Waals surface area contributed by atoms with Crippen LogP contribution in [0.5, 0.6) is 0 Å². The van der Waals surface area contributed by atoms with Gasteiger partial charge in [0.15, 0.2) is 0 Å². The summed E-state index contributed by atoms with van der Waals surface area (Å²) < 4.78 is 0. The highest BCUT2D eigenvalue weighted by molar-refractivity contribution is 6.35. The second-order valence-electron chi connectivity index (χ2n) is 4.89. The van der Waals surface area contributed by atoms with Gasteiger partial charge >= 0.3 is 0 Å². The summed E-state index contributed by atoms with van der Waals surface area (Å²) in [5.41, 5.74) is 2.22. The van der Waals surface area contributed by atoms with Gasteiger partial charge in [-0.25, -0.2) is 0 Å². The molecule has 0 bridgehead atoms. The Morgan fingerprint density at radius 3 is 2.68 bits per heavy atom. The molecule has 19 heavy (non-hydrogen) atoms. The number of carbonyl (C=O) groups excluding carboxylic acids is 1. The van der Waals surface area contributed by atoms with E-state index >= 15 is 0 Å². The highest BCUT2D eigenvalue weighted by Crippen LogP contribution is 2.30. The van der Waals surface area contributed by atoms with E-state index in [1.54, 1.807) is 6.07 Å². The van der Waals surface area contributed by atoms with Crippen molar-refractivity contribution in [1.82, 2.24) is 10.2 Å². The SMILES string of the molecule is Cl.O=C(C1CNC1)N1CCc2c(Cl)cc(Cl)cc2C1. The zero-order valence-electron chi connectivity index (χ0n) is 10.3. The third-order valence-electron chi connectivity index (χ3n) is 3.69. The summed E-state index contributed by atoms with van der Waals surface area (Å²) in [6.07, 6.45) is 0.817. The topological polar surface area (TPSA) is 32.3 Å².